The van der Waals surface area contributed by atoms with Crippen molar-refractivity contribution in [1.29, 1.82) is 0 Å². The van der Waals surface area contributed by atoms with E-state index in [2.05, 4.69) is 217 Å². The summed E-state index contributed by atoms with van der Waals surface area (Å²) in [5.41, 5.74) is 9.60. The first-order valence-corrected chi connectivity index (χ1v) is 19.9. The Hall–Kier alpha value is -7.68. The van der Waals surface area contributed by atoms with E-state index in [4.69, 9.17) is 4.42 Å². The molecule has 1 aromatic heterocycles. The van der Waals surface area contributed by atoms with Crippen molar-refractivity contribution in [2.24, 2.45) is 0 Å². The van der Waals surface area contributed by atoms with Crippen LogP contribution in [0.4, 0.5) is 17.1 Å². The molecule has 0 unspecified atom stereocenters. The molecule has 0 aliphatic carbocycles. The van der Waals surface area contributed by atoms with Gasteiger partial charge in [0.15, 0.2) is 0 Å². The number of benzene rings is 11. The van der Waals surface area contributed by atoms with E-state index in [0.717, 1.165) is 50.1 Å². The van der Waals surface area contributed by atoms with Crippen LogP contribution in [-0.2, 0) is 0 Å². The van der Waals surface area contributed by atoms with Gasteiger partial charge in [0.2, 0.25) is 0 Å². The van der Waals surface area contributed by atoms with Crippen molar-refractivity contribution in [3.8, 4) is 22.3 Å². The molecule has 0 aliphatic rings. The van der Waals surface area contributed by atoms with Crippen molar-refractivity contribution in [3.63, 3.8) is 0 Å². The number of anilines is 3. The number of nitrogens with zero attached hydrogens (tertiary/aromatic N) is 1. The standard InChI is InChI=1S/C56H35NO/c1-2-12-36(13-3-1)38-22-26-42(27-23-38)57(43-28-24-37-14-4-5-15-39(37)32-43)44-29-31-51-53-33-40-16-6-7-17-45(40)55(56(53)58-54(51)35-44)41-25-30-50-48-20-9-8-18-46(48)47-19-10-11-21-49(47)52(50)34-41/h1-35H. The predicted octanol–water partition coefficient (Wildman–Crippen LogP) is 16.2. The third-order valence-corrected chi connectivity index (χ3v) is 12.0. The Morgan fingerprint density at radius 3 is 1.53 bits per heavy atom. The highest BCUT2D eigenvalue weighted by Gasteiger charge is 2.20. The molecule has 12 aromatic rings. The van der Waals surface area contributed by atoms with E-state index in [1.165, 1.54) is 65.0 Å². The average Bonchev–Trinajstić information content (AvgIpc) is 3.66. The number of fused-ring (bicyclic) bond motifs is 11. The van der Waals surface area contributed by atoms with Crippen LogP contribution in [0.3, 0.4) is 0 Å². The maximum absolute atomic E-state index is 7.10. The van der Waals surface area contributed by atoms with E-state index >= 15 is 0 Å². The Kier molecular flexibility index (Phi) is 7.26. The zero-order valence-electron chi connectivity index (χ0n) is 31.6. The lowest BCUT2D eigenvalue weighted by molar-refractivity contribution is 0.670. The molecule has 0 saturated carbocycles. The average molecular weight is 738 g/mol. The minimum Gasteiger partial charge on any atom is -0.455 e. The minimum absolute atomic E-state index is 0.855. The highest BCUT2D eigenvalue weighted by molar-refractivity contribution is 6.27. The summed E-state index contributed by atoms with van der Waals surface area (Å²) in [6, 6.07) is 76.9. The molecule has 0 amide bonds. The molecule has 11 aromatic carbocycles. The monoisotopic (exact) mass is 737 g/mol. The molecule has 0 N–H and O–H groups in total. The van der Waals surface area contributed by atoms with Gasteiger partial charge in [-0.05, 0) is 119 Å². The highest BCUT2D eigenvalue weighted by atomic mass is 16.3. The number of hydrogen-bond donors (Lipinski definition) is 0. The number of rotatable bonds is 5. The van der Waals surface area contributed by atoms with Crippen molar-refractivity contribution in [2.45, 2.75) is 0 Å². The summed E-state index contributed by atoms with van der Waals surface area (Å²) < 4.78 is 7.10. The first-order chi connectivity index (χ1) is 28.7. The van der Waals surface area contributed by atoms with E-state index in [1.807, 2.05) is 0 Å². The van der Waals surface area contributed by atoms with Crippen LogP contribution in [0, 0.1) is 0 Å². The summed E-state index contributed by atoms with van der Waals surface area (Å²) in [4.78, 5) is 2.34. The summed E-state index contributed by atoms with van der Waals surface area (Å²) in [6.07, 6.45) is 0. The molecule has 0 aliphatic heterocycles. The maximum atomic E-state index is 7.10. The highest BCUT2D eigenvalue weighted by Crippen LogP contribution is 2.45. The van der Waals surface area contributed by atoms with Gasteiger partial charge in [0.25, 0.3) is 0 Å². The van der Waals surface area contributed by atoms with Crippen LogP contribution < -0.4 is 4.90 Å². The summed E-state index contributed by atoms with van der Waals surface area (Å²) in [7, 11) is 0. The molecule has 2 heteroatoms. The smallest absolute Gasteiger partial charge is 0.143 e. The Labute approximate surface area is 335 Å². The molecule has 270 valence electrons. The quantitative estimate of drug-likeness (QED) is 0.164. The lowest BCUT2D eigenvalue weighted by Gasteiger charge is -2.26. The zero-order valence-corrected chi connectivity index (χ0v) is 31.6. The van der Waals surface area contributed by atoms with Crippen LogP contribution in [0.2, 0.25) is 0 Å². The second-order valence-electron chi connectivity index (χ2n) is 15.3. The maximum Gasteiger partial charge on any atom is 0.143 e. The van der Waals surface area contributed by atoms with Crippen molar-refractivity contribution >= 4 is 92.9 Å². The van der Waals surface area contributed by atoms with Crippen LogP contribution in [-0.4, -0.2) is 0 Å². The second-order valence-corrected chi connectivity index (χ2v) is 15.3. The van der Waals surface area contributed by atoms with Crippen LogP contribution >= 0.6 is 0 Å². The minimum atomic E-state index is 0.855. The molecule has 1 heterocycles. The van der Waals surface area contributed by atoms with Gasteiger partial charge in [-0.3, -0.25) is 0 Å². The third kappa shape index (κ3) is 5.12. The first-order valence-electron chi connectivity index (χ1n) is 19.9. The van der Waals surface area contributed by atoms with Crippen molar-refractivity contribution in [1.82, 2.24) is 0 Å². The molecule has 12 rings (SSSR count). The Morgan fingerprint density at radius 2 is 0.793 bits per heavy atom. The molecule has 58 heavy (non-hydrogen) atoms. The summed E-state index contributed by atoms with van der Waals surface area (Å²) in [5.74, 6) is 0. The second kappa shape index (κ2) is 12.9. The SMILES string of the molecule is c1ccc(-c2ccc(N(c3ccc4ccccc4c3)c3ccc4c(c3)oc3c(-c5ccc6c7ccccc7c7ccccc7c6c5)c5ccccc5cc34)cc2)cc1. The zero-order chi connectivity index (χ0) is 38.2. The van der Waals surface area contributed by atoms with E-state index in [0.29, 0.717) is 0 Å². The fourth-order valence-electron chi connectivity index (χ4n) is 9.25. The van der Waals surface area contributed by atoms with Crippen molar-refractivity contribution < 1.29 is 4.42 Å². The Morgan fingerprint density at radius 1 is 0.276 bits per heavy atom. The fourth-order valence-corrected chi connectivity index (χ4v) is 9.25. The van der Waals surface area contributed by atoms with Gasteiger partial charge >= 0.3 is 0 Å². The predicted molar refractivity (Wildman–Crippen MR) is 247 cm³/mol. The largest absolute Gasteiger partial charge is 0.455 e. The Bertz CT molecular complexity index is 3530. The first kappa shape index (κ1) is 32.6. The van der Waals surface area contributed by atoms with Gasteiger partial charge in [0, 0.05) is 39.5 Å². The molecular formula is C56H35NO. The summed E-state index contributed by atoms with van der Waals surface area (Å²) >= 11 is 0. The van der Waals surface area contributed by atoms with Crippen molar-refractivity contribution in [3.05, 3.63) is 212 Å². The Balaban J connectivity index is 1.07. The summed E-state index contributed by atoms with van der Waals surface area (Å²) in [6.45, 7) is 0. The number of furan rings is 1. The lowest BCUT2D eigenvalue weighted by Crippen LogP contribution is -2.09. The van der Waals surface area contributed by atoms with Gasteiger partial charge in [0.05, 0.1) is 0 Å². The van der Waals surface area contributed by atoms with E-state index in [9.17, 15) is 0 Å². The molecular weight excluding hydrogens is 703 g/mol. The van der Waals surface area contributed by atoms with Gasteiger partial charge < -0.3 is 9.32 Å². The number of hydrogen-bond acceptors (Lipinski definition) is 2. The van der Waals surface area contributed by atoms with Crippen LogP contribution in [0.5, 0.6) is 0 Å². The normalized spacial score (nSPS) is 11.8. The summed E-state index contributed by atoms with van der Waals surface area (Å²) in [5, 5.41) is 14.6. The molecule has 0 spiro atoms. The van der Waals surface area contributed by atoms with Crippen LogP contribution in [0.1, 0.15) is 0 Å². The molecule has 0 radical (unpaired) electrons. The molecule has 0 saturated heterocycles. The topological polar surface area (TPSA) is 16.4 Å². The van der Waals surface area contributed by atoms with Gasteiger partial charge in [-0.1, -0.05) is 158 Å². The van der Waals surface area contributed by atoms with Crippen LogP contribution in [0.25, 0.3) is 98.1 Å². The fraction of sp³-hybridized carbons (Fsp3) is 0. The molecule has 0 bridgehead atoms. The van der Waals surface area contributed by atoms with Crippen LogP contribution in [0.15, 0.2) is 217 Å². The third-order valence-electron chi connectivity index (χ3n) is 12.0. The molecule has 0 atom stereocenters. The van der Waals surface area contributed by atoms with Gasteiger partial charge in [-0.2, -0.15) is 0 Å². The van der Waals surface area contributed by atoms with E-state index in [1.54, 1.807) is 0 Å². The van der Waals surface area contributed by atoms with Gasteiger partial charge in [0.1, 0.15) is 11.2 Å². The lowest BCUT2D eigenvalue weighted by atomic mass is 9.90. The van der Waals surface area contributed by atoms with Crippen molar-refractivity contribution in [2.75, 3.05) is 4.90 Å². The van der Waals surface area contributed by atoms with Gasteiger partial charge in [-0.25, -0.2) is 0 Å². The molecule has 0 fully saturated rings. The van der Waals surface area contributed by atoms with E-state index < -0.39 is 0 Å². The van der Waals surface area contributed by atoms with Gasteiger partial charge in [-0.15, -0.1) is 0 Å². The van der Waals surface area contributed by atoms with E-state index in [-0.39, 0.29) is 0 Å². The molecule has 2 nitrogen and oxygen atoms in total.